The molecular weight excluding hydrogens is 184 g/mol. The van der Waals surface area contributed by atoms with Crippen LogP contribution in [0.25, 0.3) is 0 Å². The fourth-order valence-electron chi connectivity index (χ4n) is 1.00. The standard InChI is InChI=1S/C6H13S.BrH/c1-2-7-5-3-4-6-7;/h2-6H2,1H3;1H/q+1;/p-1. The summed E-state index contributed by atoms with van der Waals surface area (Å²) in [7, 11) is 0.866. The average Bonchev–Trinajstić information content (AvgIpc) is 2.14. The summed E-state index contributed by atoms with van der Waals surface area (Å²) in [5, 5.41) is 0. The summed E-state index contributed by atoms with van der Waals surface area (Å²) in [6.07, 6.45) is 3.02. The van der Waals surface area contributed by atoms with E-state index in [-0.39, 0.29) is 17.0 Å². The lowest BCUT2D eigenvalue weighted by atomic mass is 10.4. The third kappa shape index (κ3) is 2.40. The monoisotopic (exact) mass is 196 g/mol. The van der Waals surface area contributed by atoms with Crippen molar-refractivity contribution in [3.8, 4) is 0 Å². The highest BCUT2D eigenvalue weighted by atomic mass is 79.9. The minimum Gasteiger partial charge on any atom is -1.00 e. The van der Waals surface area contributed by atoms with Gasteiger partial charge in [-0.15, -0.1) is 0 Å². The van der Waals surface area contributed by atoms with Crippen molar-refractivity contribution in [1.29, 1.82) is 0 Å². The lowest BCUT2D eigenvalue weighted by Gasteiger charge is -1.90. The summed E-state index contributed by atoms with van der Waals surface area (Å²) in [6.45, 7) is 2.31. The van der Waals surface area contributed by atoms with E-state index in [4.69, 9.17) is 0 Å². The number of rotatable bonds is 1. The Balaban J connectivity index is 0.000000490. The molecule has 1 aliphatic rings. The molecule has 0 amide bonds. The Morgan fingerprint density at radius 1 is 1.25 bits per heavy atom. The molecule has 50 valence electrons. The van der Waals surface area contributed by atoms with Crippen molar-refractivity contribution in [2.75, 3.05) is 17.3 Å². The van der Waals surface area contributed by atoms with Gasteiger partial charge in [0.25, 0.3) is 0 Å². The molecule has 1 heterocycles. The summed E-state index contributed by atoms with van der Waals surface area (Å²) in [5.74, 6) is 4.52. The van der Waals surface area contributed by atoms with Crippen LogP contribution in [0.5, 0.6) is 0 Å². The maximum absolute atomic E-state index is 2.31. The first kappa shape index (κ1) is 8.83. The zero-order valence-corrected chi connectivity index (χ0v) is 7.72. The Bertz CT molecular complexity index is 50.5. The summed E-state index contributed by atoms with van der Waals surface area (Å²) >= 11 is 0. The SMILES string of the molecule is CC[S+]1CCCC1.[Br-]. The van der Waals surface area contributed by atoms with E-state index in [9.17, 15) is 0 Å². The Hall–Kier alpha value is 0.830. The molecule has 1 fully saturated rings. The molecular formula is C6H13BrS. The van der Waals surface area contributed by atoms with E-state index in [2.05, 4.69) is 6.92 Å². The van der Waals surface area contributed by atoms with Gasteiger partial charge in [-0.3, -0.25) is 0 Å². The van der Waals surface area contributed by atoms with Crippen LogP contribution in [0.2, 0.25) is 0 Å². The van der Waals surface area contributed by atoms with Crippen LogP contribution in [0.3, 0.4) is 0 Å². The summed E-state index contributed by atoms with van der Waals surface area (Å²) in [4.78, 5) is 0. The lowest BCUT2D eigenvalue weighted by Crippen LogP contribution is -3.00. The Labute approximate surface area is 65.2 Å². The van der Waals surface area contributed by atoms with Crippen LogP contribution < -0.4 is 17.0 Å². The van der Waals surface area contributed by atoms with Crippen molar-refractivity contribution in [2.45, 2.75) is 19.8 Å². The van der Waals surface area contributed by atoms with Gasteiger partial charge in [0.15, 0.2) is 0 Å². The van der Waals surface area contributed by atoms with Gasteiger partial charge in [0, 0.05) is 0 Å². The van der Waals surface area contributed by atoms with Gasteiger partial charge in [-0.25, -0.2) is 0 Å². The molecule has 2 heteroatoms. The zero-order valence-electron chi connectivity index (χ0n) is 5.32. The number of hydrogen-bond donors (Lipinski definition) is 0. The molecule has 0 aromatic rings. The second-order valence-corrected chi connectivity index (χ2v) is 4.63. The molecule has 1 saturated heterocycles. The molecule has 1 aliphatic heterocycles. The minimum absolute atomic E-state index is 0. The molecule has 0 aromatic heterocycles. The quantitative estimate of drug-likeness (QED) is 0.445. The van der Waals surface area contributed by atoms with E-state index in [1.54, 1.807) is 0 Å². The maximum atomic E-state index is 2.31. The first-order valence-corrected chi connectivity index (χ1v) is 4.81. The molecule has 0 aliphatic carbocycles. The van der Waals surface area contributed by atoms with Crippen LogP contribution in [-0.2, 0) is 10.9 Å². The number of halogens is 1. The van der Waals surface area contributed by atoms with E-state index in [1.807, 2.05) is 0 Å². The highest BCUT2D eigenvalue weighted by molar-refractivity contribution is 7.97. The molecule has 0 aromatic carbocycles. The van der Waals surface area contributed by atoms with Gasteiger partial charge in [0.05, 0.1) is 0 Å². The van der Waals surface area contributed by atoms with Crippen LogP contribution in [-0.4, -0.2) is 17.3 Å². The molecule has 0 saturated carbocycles. The first-order chi connectivity index (χ1) is 3.43. The fraction of sp³-hybridized carbons (Fsp3) is 1.00. The lowest BCUT2D eigenvalue weighted by molar-refractivity contribution is -0.00000154. The predicted octanol–water partition coefficient (Wildman–Crippen LogP) is -1.58. The summed E-state index contributed by atoms with van der Waals surface area (Å²) in [5.41, 5.74) is 0. The molecule has 1 rings (SSSR count). The molecule has 0 nitrogen and oxygen atoms in total. The van der Waals surface area contributed by atoms with Crippen molar-refractivity contribution in [2.24, 2.45) is 0 Å². The third-order valence-electron chi connectivity index (χ3n) is 1.52. The molecule has 0 spiro atoms. The zero-order chi connectivity index (χ0) is 5.11. The van der Waals surface area contributed by atoms with Crippen LogP contribution in [0.15, 0.2) is 0 Å². The largest absolute Gasteiger partial charge is 1.00 e. The molecule has 0 bridgehead atoms. The van der Waals surface area contributed by atoms with Crippen molar-refractivity contribution >= 4 is 10.9 Å². The number of hydrogen-bond acceptors (Lipinski definition) is 0. The molecule has 8 heavy (non-hydrogen) atoms. The average molecular weight is 197 g/mol. The predicted molar refractivity (Wildman–Crippen MR) is 36.9 cm³/mol. The summed E-state index contributed by atoms with van der Waals surface area (Å²) in [6, 6.07) is 0. The van der Waals surface area contributed by atoms with E-state index < -0.39 is 0 Å². The second-order valence-electron chi connectivity index (χ2n) is 2.02. The van der Waals surface area contributed by atoms with Gasteiger partial charge < -0.3 is 17.0 Å². The van der Waals surface area contributed by atoms with E-state index in [0.29, 0.717) is 0 Å². The van der Waals surface area contributed by atoms with Gasteiger partial charge in [-0.1, -0.05) is 0 Å². The summed E-state index contributed by atoms with van der Waals surface area (Å²) < 4.78 is 0. The van der Waals surface area contributed by atoms with E-state index >= 15 is 0 Å². The molecule has 0 radical (unpaired) electrons. The maximum Gasteiger partial charge on any atom is 0.108 e. The minimum atomic E-state index is 0. The highest BCUT2D eigenvalue weighted by Crippen LogP contribution is 2.11. The van der Waals surface area contributed by atoms with Crippen LogP contribution in [0, 0.1) is 0 Å². The van der Waals surface area contributed by atoms with Crippen LogP contribution in [0.4, 0.5) is 0 Å². The molecule has 0 N–H and O–H groups in total. The van der Waals surface area contributed by atoms with Crippen LogP contribution >= 0.6 is 0 Å². The highest BCUT2D eigenvalue weighted by Gasteiger charge is 2.20. The smallest absolute Gasteiger partial charge is 0.108 e. The van der Waals surface area contributed by atoms with Crippen molar-refractivity contribution < 1.29 is 17.0 Å². The first-order valence-electron chi connectivity index (χ1n) is 3.07. The topological polar surface area (TPSA) is 0 Å². The second kappa shape index (κ2) is 4.68. The molecule has 0 unspecified atom stereocenters. The van der Waals surface area contributed by atoms with Crippen molar-refractivity contribution in [3.05, 3.63) is 0 Å². The van der Waals surface area contributed by atoms with Gasteiger partial charge in [0.1, 0.15) is 17.3 Å². The third-order valence-corrected chi connectivity index (χ3v) is 4.07. The Morgan fingerprint density at radius 2 is 1.75 bits per heavy atom. The normalized spacial score (nSPS) is 20.6. The Morgan fingerprint density at radius 3 is 2.00 bits per heavy atom. The molecule has 0 atom stereocenters. The van der Waals surface area contributed by atoms with Gasteiger partial charge in [-0.2, -0.15) is 0 Å². The van der Waals surface area contributed by atoms with E-state index in [1.165, 1.54) is 30.1 Å². The van der Waals surface area contributed by atoms with Crippen LogP contribution in [0.1, 0.15) is 19.8 Å². The van der Waals surface area contributed by atoms with Gasteiger partial charge in [-0.05, 0) is 30.7 Å². The van der Waals surface area contributed by atoms with Gasteiger partial charge in [0.2, 0.25) is 0 Å². The van der Waals surface area contributed by atoms with E-state index in [0.717, 1.165) is 10.9 Å². The fourth-order valence-corrected chi connectivity index (χ4v) is 3.01. The van der Waals surface area contributed by atoms with Crippen molar-refractivity contribution in [3.63, 3.8) is 0 Å². The van der Waals surface area contributed by atoms with Gasteiger partial charge >= 0.3 is 0 Å². The Kier molecular flexibility index (Phi) is 5.17. The van der Waals surface area contributed by atoms with Crippen molar-refractivity contribution in [1.82, 2.24) is 0 Å².